The van der Waals surface area contributed by atoms with Crippen molar-refractivity contribution in [1.29, 1.82) is 0 Å². The van der Waals surface area contributed by atoms with Gasteiger partial charge in [0.1, 0.15) is 6.61 Å². The summed E-state index contributed by atoms with van der Waals surface area (Å²) < 4.78 is 5.50. The van der Waals surface area contributed by atoms with Crippen molar-refractivity contribution in [2.75, 3.05) is 26.2 Å². The van der Waals surface area contributed by atoms with Crippen LogP contribution >= 0.6 is 0 Å². The van der Waals surface area contributed by atoms with Crippen LogP contribution < -0.4 is 4.74 Å². The van der Waals surface area contributed by atoms with Crippen LogP contribution in [0.5, 0.6) is 6.01 Å². The van der Waals surface area contributed by atoms with E-state index >= 15 is 0 Å². The van der Waals surface area contributed by atoms with Crippen molar-refractivity contribution in [3.63, 3.8) is 0 Å². The van der Waals surface area contributed by atoms with Gasteiger partial charge in [-0.2, -0.15) is 4.98 Å². The molecule has 1 radical (unpaired) electrons. The number of nitrogens with zero attached hydrogens (tertiary/aromatic N) is 4. The lowest BCUT2D eigenvalue weighted by Crippen LogP contribution is -2.45. The van der Waals surface area contributed by atoms with E-state index in [9.17, 15) is 4.79 Å². The first-order chi connectivity index (χ1) is 11.3. The number of carbonyl (C=O) groups excluding carboxylic acids is 1. The summed E-state index contributed by atoms with van der Waals surface area (Å²) in [5.74, 6) is 0. The standard InChI is InChI=1S/C17H19N4O2/c22-14-21-10-8-20(9-11-21)12-15-2-4-16(5-3-15)13-23-17-18-6-1-7-19-17/h1-6,14H,8-13H2. The van der Waals surface area contributed by atoms with E-state index in [2.05, 4.69) is 45.3 Å². The van der Waals surface area contributed by atoms with Crippen LogP contribution in [0, 0.1) is 6.20 Å². The lowest BCUT2D eigenvalue weighted by molar-refractivity contribution is -0.119. The molecule has 6 heteroatoms. The molecule has 119 valence electrons. The highest BCUT2D eigenvalue weighted by molar-refractivity contribution is 5.47. The van der Waals surface area contributed by atoms with Gasteiger partial charge in [-0.3, -0.25) is 9.69 Å². The van der Waals surface area contributed by atoms with Gasteiger partial charge in [0.05, 0.1) is 6.20 Å². The molecule has 1 amide bonds. The molecular formula is C17H19N4O2. The Balaban J connectivity index is 1.48. The largest absolute Gasteiger partial charge is 0.459 e. The molecule has 23 heavy (non-hydrogen) atoms. The molecule has 0 saturated carbocycles. The number of amides is 1. The van der Waals surface area contributed by atoms with Gasteiger partial charge in [0.25, 0.3) is 0 Å². The SMILES string of the molecule is O=CN1CCN(Cc2ccc(COc3n[c]ccn3)cc2)CC1. The van der Waals surface area contributed by atoms with Crippen molar-refractivity contribution in [2.45, 2.75) is 13.2 Å². The minimum atomic E-state index is 0.338. The molecule has 1 aliphatic rings. The summed E-state index contributed by atoms with van der Waals surface area (Å²) in [4.78, 5) is 22.8. The first-order valence-electron chi connectivity index (χ1n) is 7.65. The van der Waals surface area contributed by atoms with Crippen molar-refractivity contribution < 1.29 is 9.53 Å². The number of hydrogen-bond acceptors (Lipinski definition) is 5. The van der Waals surface area contributed by atoms with E-state index in [4.69, 9.17) is 4.74 Å². The van der Waals surface area contributed by atoms with Crippen LogP contribution in [0.4, 0.5) is 0 Å². The van der Waals surface area contributed by atoms with E-state index in [1.807, 2.05) is 4.90 Å². The fourth-order valence-electron chi connectivity index (χ4n) is 2.50. The quantitative estimate of drug-likeness (QED) is 0.749. The Bertz CT molecular complexity index is 610. The van der Waals surface area contributed by atoms with Gasteiger partial charge in [-0.25, -0.2) is 4.98 Å². The van der Waals surface area contributed by atoms with Gasteiger partial charge in [-0.05, 0) is 17.2 Å². The van der Waals surface area contributed by atoms with Gasteiger partial charge >= 0.3 is 6.01 Å². The average molecular weight is 311 g/mol. The molecule has 1 aromatic heterocycles. The second-order valence-electron chi connectivity index (χ2n) is 5.49. The third kappa shape index (κ3) is 4.50. The van der Waals surface area contributed by atoms with Crippen LogP contribution in [-0.2, 0) is 17.9 Å². The zero-order valence-corrected chi connectivity index (χ0v) is 12.9. The molecule has 0 bridgehead atoms. The third-order valence-corrected chi connectivity index (χ3v) is 3.85. The average Bonchev–Trinajstić information content (AvgIpc) is 2.63. The van der Waals surface area contributed by atoms with Crippen LogP contribution in [-0.4, -0.2) is 52.4 Å². The van der Waals surface area contributed by atoms with E-state index in [1.165, 1.54) is 5.56 Å². The van der Waals surface area contributed by atoms with E-state index in [0.717, 1.165) is 44.7 Å². The summed E-state index contributed by atoms with van der Waals surface area (Å²) in [7, 11) is 0. The number of ether oxygens (including phenoxy) is 1. The molecule has 6 nitrogen and oxygen atoms in total. The number of benzene rings is 1. The lowest BCUT2D eigenvalue weighted by Gasteiger charge is -2.32. The fourth-order valence-corrected chi connectivity index (χ4v) is 2.50. The van der Waals surface area contributed by atoms with Crippen molar-refractivity contribution in [1.82, 2.24) is 19.8 Å². The predicted octanol–water partition coefficient (Wildman–Crippen LogP) is 1.13. The highest BCUT2D eigenvalue weighted by atomic mass is 16.5. The molecule has 2 heterocycles. The molecule has 1 aliphatic heterocycles. The molecule has 2 aromatic rings. The second kappa shape index (κ2) is 7.69. The van der Waals surface area contributed by atoms with Crippen LogP contribution in [0.15, 0.2) is 36.5 Å². The maximum Gasteiger partial charge on any atom is 0.317 e. The Morgan fingerprint density at radius 2 is 1.87 bits per heavy atom. The Labute approximate surface area is 135 Å². The van der Waals surface area contributed by atoms with Gasteiger partial charge < -0.3 is 9.64 Å². The second-order valence-corrected chi connectivity index (χ2v) is 5.49. The van der Waals surface area contributed by atoms with Gasteiger partial charge in [0, 0.05) is 38.9 Å². The van der Waals surface area contributed by atoms with Crippen LogP contribution in [0.3, 0.4) is 0 Å². The van der Waals surface area contributed by atoms with Gasteiger partial charge in [0.15, 0.2) is 0 Å². The normalized spacial score (nSPS) is 15.4. The zero-order valence-electron chi connectivity index (χ0n) is 12.9. The Kier molecular flexibility index (Phi) is 5.16. The molecule has 0 atom stereocenters. The number of carbonyl (C=O) groups is 1. The predicted molar refractivity (Wildman–Crippen MR) is 84.6 cm³/mol. The maximum absolute atomic E-state index is 10.7. The summed E-state index contributed by atoms with van der Waals surface area (Å²) in [5.41, 5.74) is 2.34. The fraction of sp³-hybridized carbons (Fsp3) is 0.353. The van der Waals surface area contributed by atoms with Crippen molar-refractivity contribution >= 4 is 6.41 Å². The number of rotatable bonds is 6. The summed E-state index contributed by atoms with van der Waals surface area (Å²) in [6.07, 6.45) is 5.23. The Morgan fingerprint density at radius 1 is 1.13 bits per heavy atom. The van der Waals surface area contributed by atoms with Crippen molar-refractivity contribution in [3.05, 3.63) is 53.9 Å². The van der Waals surface area contributed by atoms with Crippen molar-refractivity contribution in [2.24, 2.45) is 0 Å². The number of piperazine rings is 1. The van der Waals surface area contributed by atoms with Gasteiger partial charge in [-0.1, -0.05) is 24.3 Å². The molecule has 3 rings (SSSR count). The Morgan fingerprint density at radius 3 is 2.52 bits per heavy atom. The highest BCUT2D eigenvalue weighted by Crippen LogP contribution is 2.11. The smallest absolute Gasteiger partial charge is 0.317 e. The topological polar surface area (TPSA) is 58.6 Å². The monoisotopic (exact) mass is 311 g/mol. The molecule has 0 spiro atoms. The number of aromatic nitrogens is 2. The van der Waals surface area contributed by atoms with Crippen LogP contribution in [0.2, 0.25) is 0 Å². The van der Waals surface area contributed by atoms with E-state index in [-0.39, 0.29) is 0 Å². The summed E-state index contributed by atoms with van der Waals surface area (Å²) >= 11 is 0. The van der Waals surface area contributed by atoms with Crippen molar-refractivity contribution in [3.8, 4) is 6.01 Å². The molecule has 1 aromatic carbocycles. The highest BCUT2D eigenvalue weighted by Gasteiger charge is 2.15. The molecule has 0 N–H and O–H groups in total. The third-order valence-electron chi connectivity index (χ3n) is 3.85. The molecular weight excluding hydrogens is 292 g/mol. The minimum absolute atomic E-state index is 0.338. The molecule has 1 fully saturated rings. The molecule has 1 saturated heterocycles. The number of hydrogen-bond donors (Lipinski definition) is 0. The minimum Gasteiger partial charge on any atom is -0.459 e. The first kappa shape index (κ1) is 15.4. The van der Waals surface area contributed by atoms with E-state index in [1.54, 1.807) is 12.3 Å². The van der Waals surface area contributed by atoms with E-state index in [0.29, 0.717) is 12.6 Å². The van der Waals surface area contributed by atoms with Gasteiger partial charge in [-0.15, -0.1) is 0 Å². The summed E-state index contributed by atoms with van der Waals surface area (Å²) in [6, 6.07) is 10.3. The zero-order chi connectivity index (χ0) is 15.9. The van der Waals surface area contributed by atoms with E-state index < -0.39 is 0 Å². The van der Waals surface area contributed by atoms with Crippen LogP contribution in [0.1, 0.15) is 11.1 Å². The first-order valence-corrected chi connectivity index (χ1v) is 7.65. The molecule has 0 unspecified atom stereocenters. The summed E-state index contributed by atoms with van der Waals surface area (Å²) in [6.45, 7) is 4.81. The Hall–Kier alpha value is -2.47. The van der Waals surface area contributed by atoms with Crippen LogP contribution in [0.25, 0.3) is 0 Å². The summed E-state index contributed by atoms with van der Waals surface area (Å²) in [5, 5.41) is 0. The molecule has 0 aliphatic carbocycles. The van der Waals surface area contributed by atoms with Gasteiger partial charge in [0.2, 0.25) is 6.41 Å². The lowest BCUT2D eigenvalue weighted by atomic mass is 10.1. The maximum atomic E-state index is 10.7.